The van der Waals surface area contributed by atoms with Gasteiger partial charge in [0.25, 0.3) is 0 Å². The van der Waals surface area contributed by atoms with Gasteiger partial charge in [0.1, 0.15) is 5.56 Å². The fourth-order valence-corrected chi connectivity index (χ4v) is 3.44. The van der Waals surface area contributed by atoms with Gasteiger partial charge in [0, 0.05) is 36.1 Å². The Balaban J connectivity index is 2.28. The average Bonchev–Trinajstić information content (AvgIpc) is 3.08. The molecule has 7 nitrogen and oxygen atoms in total. The average molecular weight is 436 g/mol. The molecular formula is C20H19Cl2N3O4. The molecule has 3 aromatic rings. The molecule has 0 atom stereocenters. The first-order valence-electron chi connectivity index (χ1n) is 8.97. The van der Waals surface area contributed by atoms with E-state index in [1.54, 1.807) is 31.3 Å². The van der Waals surface area contributed by atoms with Crippen LogP contribution in [-0.2, 0) is 17.8 Å². The van der Waals surface area contributed by atoms with Crippen LogP contribution in [0.2, 0.25) is 10.0 Å². The molecule has 152 valence electrons. The van der Waals surface area contributed by atoms with Crippen molar-refractivity contribution in [3.63, 3.8) is 0 Å². The number of hydrogen-bond acceptors (Lipinski definition) is 5. The Morgan fingerprint density at radius 1 is 1.17 bits per heavy atom. The van der Waals surface area contributed by atoms with Crippen molar-refractivity contribution >= 4 is 29.2 Å². The molecule has 0 amide bonds. The number of benzene rings is 1. The van der Waals surface area contributed by atoms with Gasteiger partial charge in [-0.1, -0.05) is 29.3 Å². The quantitative estimate of drug-likeness (QED) is 0.591. The first-order valence-corrected chi connectivity index (χ1v) is 9.73. The van der Waals surface area contributed by atoms with Crippen molar-refractivity contribution in [1.82, 2.24) is 14.3 Å². The van der Waals surface area contributed by atoms with Crippen molar-refractivity contribution in [2.45, 2.75) is 26.9 Å². The summed E-state index contributed by atoms with van der Waals surface area (Å²) < 4.78 is 8.45. The van der Waals surface area contributed by atoms with Crippen LogP contribution in [0.15, 0.2) is 41.3 Å². The molecule has 29 heavy (non-hydrogen) atoms. The Morgan fingerprint density at radius 2 is 1.93 bits per heavy atom. The molecule has 0 aliphatic carbocycles. The molecule has 0 aliphatic heterocycles. The Morgan fingerprint density at radius 3 is 2.52 bits per heavy atom. The number of aromatic hydroxyl groups is 1. The van der Waals surface area contributed by atoms with E-state index in [4.69, 9.17) is 27.9 Å². The van der Waals surface area contributed by atoms with E-state index in [-0.39, 0.29) is 24.6 Å². The molecule has 9 heteroatoms. The van der Waals surface area contributed by atoms with Crippen LogP contribution in [0.1, 0.15) is 29.9 Å². The van der Waals surface area contributed by atoms with Gasteiger partial charge in [-0.15, -0.1) is 5.10 Å². The third-order valence-electron chi connectivity index (χ3n) is 4.34. The van der Waals surface area contributed by atoms with E-state index >= 15 is 0 Å². The van der Waals surface area contributed by atoms with E-state index in [9.17, 15) is 14.7 Å². The summed E-state index contributed by atoms with van der Waals surface area (Å²) >= 11 is 12.2. The van der Waals surface area contributed by atoms with Crippen molar-refractivity contribution in [2.75, 3.05) is 6.61 Å². The Labute approximate surface area is 177 Å². The van der Waals surface area contributed by atoms with E-state index in [0.717, 1.165) is 0 Å². The molecule has 0 saturated carbocycles. The van der Waals surface area contributed by atoms with Crippen LogP contribution >= 0.6 is 23.2 Å². The maximum atomic E-state index is 12.9. The smallest absolute Gasteiger partial charge is 0.344 e. The van der Waals surface area contributed by atoms with E-state index in [0.29, 0.717) is 33.5 Å². The third kappa shape index (κ3) is 4.31. The van der Waals surface area contributed by atoms with Crippen molar-refractivity contribution < 1.29 is 14.6 Å². The molecule has 2 heterocycles. The number of ether oxygens (including phenoxy) is 1. The summed E-state index contributed by atoms with van der Waals surface area (Å²) in [5, 5.41) is 14.1. The van der Waals surface area contributed by atoms with Crippen LogP contribution in [0.5, 0.6) is 5.88 Å². The normalized spacial score (nSPS) is 10.9. The zero-order valence-electron chi connectivity index (χ0n) is 15.9. The molecule has 0 spiro atoms. The molecule has 0 saturated heterocycles. The van der Waals surface area contributed by atoms with E-state index in [2.05, 4.69) is 5.10 Å². The highest BCUT2D eigenvalue weighted by atomic mass is 35.5. The summed E-state index contributed by atoms with van der Waals surface area (Å²) in [5.74, 6) is -0.827. The second kappa shape index (κ2) is 8.71. The molecule has 3 rings (SSSR count). The Kier molecular flexibility index (Phi) is 6.30. The summed E-state index contributed by atoms with van der Waals surface area (Å²) in [6.45, 7) is 4.39. The first-order chi connectivity index (χ1) is 13.8. The van der Waals surface area contributed by atoms with Crippen molar-refractivity contribution in [3.05, 3.63) is 68.1 Å². The number of pyridine rings is 1. The SMILES string of the molecule is CCOC(=O)c1c(-c2ccc(Cl)c(Cl)c2)n(CC)c(Cn2ccc(O)n2)cc1=O. The standard InChI is InChI=1S/C20H19Cl2N3O4/c1-3-25-13(11-24-8-7-17(27)23-24)10-16(26)18(20(28)29-4-2)19(25)12-5-6-14(21)15(22)9-12/h5-10H,3-4,11H2,1-2H3,(H,23,27). The third-order valence-corrected chi connectivity index (χ3v) is 5.08. The van der Waals surface area contributed by atoms with Gasteiger partial charge in [-0.3, -0.25) is 9.48 Å². The van der Waals surface area contributed by atoms with Gasteiger partial charge in [-0.2, -0.15) is 0 Å². The minimum atomic E-state index is -0.705. The van der Waals surface area contributed by atoms with Gasteiger partial charge in [0.15, 0.2) is 5.43 Å². The Bertz CT molecular complexity index is 1120. The fourth-order valence-electron chi connectivity index (χ4n) is 3.14. The minimum Gasteiger partial charge on any atom is -0.492 e. The summed E-state index contributed by atoms with van der Waals surface area (Å²) in [5.41, 5.74) is 1.02. The van der Waals surface area contributed by atoms with E-state index in [1.165, 1.54) is 16.8 Å². The van der Waals surface area contributed by atoms with Gasteiger partial charge in [0.05, 0.1) is 28.9 Å². The van der Waals surface area contributed by atoms with Crippen LogP contribution in [0.25, 0.3) is 11.3 Å². The molecule has 1 N–H and O–H groups in total. The summed E-state index contributed by atoms with van der Waals surface area (Å²) in [7, 11) is 0. The topological polar surface area (TPSA) is 86.3 Å². The second-order valence-corrected chi connectivity index (χ2v) is 7.00. The number of carbonyl (C=O) groups is 1. The minimum absolute atomic E-state index is 0.0702. The number of nitrogens with zero attached hydrogens (tertiary/aromatic N) is 3. The summed E-state index contributed by atoms with van der Waals surface area (Å²) in [6, 6.07) is 7.74. The van der Waals surface area contributed by atoms with Gasteiger partial charge >= 0.3 is 5.97 Å². The highest BCUT2D eigenvalue weighted by Gasteiger charge is 2.24. The van der Waals surface area contributed by atoms with E-state index < -0.39 is 11.4 Å². The van der Waals surface area contributed by atoms with Gasteiger partial charge in [-0.25, -0.2) is 4.79 Å². The number of carbonyl (C=O) groups excluding carboxylic acids is 1. The monoisotopic (exact) mass is 435 g/mol. The fraction of sp³-hybridized carbons (Fsp3) is 0.250. The molecule has 0 aliphatic rings. The highest BCUT2D eigenvalue weighted by molar-refractivity contribution is 6.42. The van der Waals surface area contributed by atoms with Crippen LogP contribution in [0, 0.1) is 0 Å². The highest BCUT2D eigenvalue weighted by Crippen LogP contribution is 2.31. The van der Waals surface area contributed by atoms with Gasteiger partial charge < -0.3 is 14.4 Å². The largest absolute Gasteiger partial charge is 0.492 e. The van der Waals surface area contributed by atoms with Crippen molar-refractivity contribution in [2.24, 2.45) is 0 Å². The summed E-state index contributed by atoms with van der Waals surface area (Å²) in [4.78, 5) is 25.5. The van der Waals surface area contributed by atoms with Crippen LogP contribution in [-0.4, -0.2) is 32.0 Å². The van der Waals surface area contributed by atoms with Gasteiger partial charge in [-0.05, 0) is 26.0 Å². The molecule has 0 unspecified atom stereocenters. The number of rotatable bonds is 6. The van der Waals surface area contributed by atoms with Crippen molar-refractivity contribution in [3.8, 4) is 17.1 Å². The molecule has 0 radical (unpaired) electrons. The predicted octanol–water partition coefficient (Wildman–Crippen LogP) is 3.97. The molecule has 1 aromatic carbocycles. The lowest BCUT2D eigenvalue weighted by molar-refractivity contribution is 0.0525. The number of hydrogen-bond donors (Lipinski definition) is 1. The van der Waals surface area contributed by atoms with Gasteiger partial charge in [0.2, 0.25) is 5.88 Å². The number of halogens is 2. The molecule has 0 fully saturated rings. The Hall–Kier alpha value is -2.77. The maximum Gasteiger partial charge on any atom is 0.344 e. The lowest BCUT2D eigenvalue weighted by atomic mass is 10.0. The number of aromatic nitrogens is 3. The zero-order valence-corrected chi connectivity index (χ0v) is 17.4. The van der Waals surface area contributed by atoms with Crippen LogP contribution in [0.4, 0.5) is 0 Å². The van der Waals surface area contributed by atoms with Crippen LogP contribution < -0.4 is 5.43 Å². The lowest BCUT2D eigenvalue weighted by Gasteiger charge is -2.20. The zero-order chi connectivity index (χ0) is 21.1. The lowest BCUT2D eigenvalue weighted by Crippen LogP contribution is -2.25. The molecule has 2 aromatic heterocycles. The second-order valence-electron chi connectivity index (χ2n) is 6.19. The summed E-state index contributed by atoms with van der Waals surface area (Å²) in [6.07, 6.45) is 1.60. The predicted molar refractivity (Wildman–Crippen MR) is 111 cm³/mol. The maximum absolute atomic E-state index is 12.9. The van der Waals surface area contributed by atoms with Crippen LogP contribution in [0.3, 0.4) is 0 Å². The van der Waals surface area contributed by atoms with Crippen molar-refractivity contribution in [1.29, 1.82) is 0 Å². The first kappa shape index (κ1) is 21.0. The number of esters is 1. The van der Waals surface area contributed by atoms with E-state index in [1.807, 2.05) is 11.5 Å². The molecule has 0 bridgehead atoms. The molecular weight excluding hydrogens is 417 g/mol.